The molecule has 0 unspecified atom stereocenters. The maximum absolute atomic E-state index is 12.5. The molecule has 0 radical (unpaired) electrons. The van der Waals surface area contributed by atoms with E-state index in [1.54, 1.807) is 0 Å². The van der Waals surface area contributed by atoms with Gasteiger partial charge in [0, 0.05) is 12.6 Å². The highest BCUT2D eigenvalue weighted by atomic mass is 19.3. The van der Waals surface area contributed by atoms with Crippen LogP contribution in [0.1, 0.15) is 17.7 Å². The summed E-state index contributed by atoms with van der Waals surface area (Å²) in [4.78, 5) is 13.4. The van der Waals surface area contributed by atoms with Crippen molar-refractivity contribution in [1.29, 1.82) is 0 Å². The summed E-state index contributed by atoms with van der Waals surface area (Å²) in [6.07, 6.45) is -2.90. The first-order chi connectivity index (χ1) is 7.51. The zero-order valence-corrected chi connectivity index (χ0v) is 8.31. The molecule has 0 saturated heterocycles. The van der Waals surface area contributed by atoms with Crippen LogP contribution in [0.4, 0.5) is 14.5 Å². The van der Waals surface area contributed by atoms with Gasteiger partial charge in [-0.1, -0.05) is 0 Å². The Hall–Kier alpha value is -1.83. The first kappa shape index (κ1) is 12.2. The second kappa shape index (κ2) is 4.79. The third kappa shape index (κ3) is 2.22. The molecule has 8 heteroatoms. The summed E-state index contributed by atoms with van der Waals surface area (Å²) in [5.74, 6) is -0.346. The van der Waals surface area contributed by atoms with Gasteiger partial charge in [0.1, 0.15) is 5.69 Å². The number of methoxy groups -OCH3 is 1. The van der Waals surface area contributed by atoms with E-state index in [1.165, 1.54) is 0 Å². The predicted octanol–water partition coefficient (Wildman–Crippen LogP) is 1.39. The van der Waals surface area contributed by atoms with Gasteiger partial charge in [-0.2, -0.15) is 0 Å². The van der Waals surface area contributed by atoms with Gasteiger partial charge in [-0.05, 0) is 0 Å². The van der Waals surface area contributed by atoms with Gasteiger partial charge in [0.2, 0.25) is 5.88 Å². The Bertz CT molecular complexity index is 412. The van der Waals surface area contributed by atoms with Gasteiger partial charge in [-0.25, -0.2) is 13.8 Å². The maximum Gasteiger partial charge on any atom is 0.292 e. The Kier molecular flexibility index (Phi) is 3.67. The number of aromatic nitrogens is 1. The lowest BCUT2D eigenvalue weighted by molar-refractivity contribution is -0.386. The van der Waals surface area contributed by atoms with Crippen LogP contribution in [0.15, 0.2) is 6.07 Å². The van der Waals surface area contributed by atoms with E-state index in [1.807, 2.05) is 0 Å². The molecular weight excluding hydrogens is 224 g/mol. The molecule has 0 aliphatic heterocycles. The molecule has 0 bridgehead atoms. The first-order valence-electron chi connectivity index (χ1n) is 4.21. The van der Waals surface area contributed by atoms with E-state index >= 15 is 0 Å². The van der Waals surface area contributed by atoms with E-state index in [9.17, 15) is 18.9 Å². The van der Waals surface area contributed by atoms with Gasteiger partial charge >= 0.3 is 0 Å². The Morgan fingerprint density at radius 1 is 1.69 bits per heavy atom. The van der Waals surface area contributed by atoms with Crippen molar-refractivity contribution in [2.24, 2.45) is 5.73 Å². The van der Waals surface area contributed by atoms with Crippen LogP contribution >= 0.6 is 0 Å². The van der Waals surface area contributed by atoms with E-state index in [4.69, 9.17) is 5.73 Å². The Morgan fingerprint density at radius 2 is 2.31 bits per heavy atom. The smallest absolute Gasteiger partial charge is 0.292 e. The van der Waals surface area contributed by atoms with Crippen LogP contribution in [-0.2, 0) is 6.54 Å². The van der Waals surface area contributed by atoms with Crippen molar-refractivity contribution in [3.05, 3.63) is 27.4 Å². The molecule has 0 saturated carbocycles. The number of nitro groups is 1. The van der Waals surface area contributed by atoms with Crippen LogP contribution in [0, 0.1) is 10.1 Å². The first-order valence-corrected chi connectivity index (χ1v) is 4.21. The normalized spacial score (nSPS) is 10.6. The summed E-state index contributed by atoms with van der Waals surface area (Å²) in [5.41, 5.74) is 3.99. The monoisotopic (exact) mass is 233 g/mol. The molecule has 0 aliphatic carbocycles. The van der Waals surface area contributed by atoms with Crippen molar-refractivity contribution < 1.29 is 18.4 Å². The van der Waals surface area contributed by atoms with Crippen molar-refractivity contribution in [3.8, 4) is 5.88 Å². The van der Waals surface area contributed by atoms with Gasteiger partial charge in [0.05, 0.1) is 17.6 Å². The van der Waals surface area contributed by atoms with Gasteiger partial charge in [-0.15, -0.1) is 0 Å². The van der Waals surface area contributed by atoms with Crippen molar-refractivity contribution >= 4 is 5.69 Å². The quantitative estimate of drug-likeness (QED) is 0.626. The largest absolute Gasteiger partial charge is 0.481 e. The number of hydrogen-bond acceptors (Lipinski definition) is 5. The van der Waals surface area contributed by atoms with Crippen LogP contribution in [0.25, 0.3) is 0 Å². The molecular formula is C8H9F2N3O3. The third-order valence-corrected chi connectivity index (χ3v) is 1.89. The fourth-order valence-electron chi connectivity index (χ4n) is 1.16. The minimum Gasteiger partial charge on any atom is -0.481 e. The van der Waals surface area contributed by atoms with Gasteiger partial charge in [-0.3, -0.25) is 10.1 Å². The molecule has 0 aromatic carbocycles. The molecule has 0 amide bonds. The Balaban J connectivity index is 3.40. The van der Waals surface area contributed by atoms with Crippen LogP contribution in [-0.4, -0.2) is 17.0 Å². The molecule has 88 valence electrons. The Labute approximate surface area is 89.2 Å². The summed E-state index contributed by atoms with van der Waals surface area (Å²) in [7, 11) is 1.15. The van der Waals surface area contributed by atoms with Crippen molar-refractivity contribution in [1.82, 2.24) is 4.98 Å². The highest BCUT2D eigenvalue weighted by molar-refractivity contribution is 5.44. The van der Waals surface area contributed by atoms with Crippen molar-refractivity contribution in [3.63, 3.8) is 0 Å². The molecule has 0 atom stereocenters. The highest BCUT2D eigenvalue weighted by Gasteiger charge is 2.24. The molecule has 1 aromatic rings. The number of nitrogens with zero attached hydrogens (tertiary/aromatic N) is 2. The van der Waals surface area contributed by atoms with Crippen LogP contribution in [0.2, 0.25) is 0 Å². The summed E-state index contributed by atoms with van der Waals surface area (Å²) in [6, 6.07) is 0.735. The lowest BCUT2D eigenvalue weighted by Gasteiger charge is -2.08. The molecule has 6 nitrogen and oxygen atoms in total. The van der Waals surface area contributed by atoms with E-state index in [-0.39, 0.29) is 18.1 Å². The highest BCUT2D eigenvalue weighted by Crippen LogP contribution is 2.32. The molecule has 16 heavy (non-hydrogen) atoms. The minimum atomic E-state index is -2.90. The number of ether oxygens (including phenoxy) is 1. The number of pyridine rings is 1. The molecule has 0 fully saturated rings. The summed E-state index contributed by atoms with van der Waals surface area (Å²) in [5, 5.41) is 10.6. The summed E-state index contributed by atoms with van der Waals surface area (Å²) in [6.45, 7) is -0.226. The second-order valence-electron chi connectivity index (χ2n) is 2.81. The third-order valence-electron chi connectivity index (χ3n) is 1.89. The molecule has 0 spiro atoms. The number of nitrogens with two attached hydrogens (primary N) is 1. The van der Waals surface area contributed by atoms with Gasteiger partial charge in [0.25, 0.3) is 12.1 Å². The fourth-order valence-corrected chi connectivity index (χ4v) is 1.16. The fraction of sp³-hybridized carbons (Fsp3) is 0.375. The van der Waals surface area contributed by atoms with Crippen molar-refractivity contribution in [2.45, 2.75) is 13.0 Å². The standard InChI is InChI=1S/C8H9F2N3O3/c1-16-8-4(7(9)10)2-6(13(14)15)5(3-11)12-8/h2,7H,3,11H2,1H3. The molecule has 1 heterocycles. The lowest BCUT2D eigenvalue weighted by atomic mass is 10.2. The SMILES string of the molecule is COc1nc(CN)c([N+](=O)[O-])cc1C(F)F. The molecule has 2 N–H and O–H groups in total. The Morgan fingerprint density at radius 3 is 2.69 bits per heavy atom. The van der Waals surface area contributed by atoms with Gasteiger partial charge in [0.15, 0.2) is 0 Å². The average Bonchev–Trinajstić information content (AvgIpc) is 2.26. The summed E-state index contributed by atoms with van der Waals surface area (Å²) < 4.78 is 29.7. The molecule has 1 rings (SSSR count). The molecule has 0 aliphatic rings. The van der Waals surface area contributed by atoms with Crippen LogP contribution in [0.5, 0.6) is 5.88 Å². The summed E-state index contributed by atoms with van der Waals surface area (Å²) >= 11 is 0. The number of halogens is 2. The van der Waals surface area contributed by atoms with Crippen LogP contribution < -0.4 is 10.5 Å². The average molecular weight is 233 g/mol. The zero-order chi connectivity index (χ0) is 12.3. The second-order valence-corrected chi connectivity index (χ2v) is 2.81. The van der Waals surface area contributed by atoms with E-state index in [0.29, 0.717) is 0 Å². The minimum absolute atomic E-state index is 0.0914. The maximum atomic E-state index is 12.5. The van der Waals surface area contributed by atoms with E-state index < -0.39 is 22.6 Å². The number of rotatable bonds is 4. The topological polar surface area (TPSA) is 91.3 Å². The van der Waals surface area contributed by atoms with Crippen LogP contribution in [0.3, 0.4) is 0 Å². The number of hydrogen-bond donors (Lipinski definition) is 1. The van der Waals surface area contributed by atoms with Gasteiger partial charge < -0.3 is 10.5 Å². The number of alkyl halides is 2. The van der Waals surface area contributed by atoms with E-state index in [2.05, 4.69) is 9.72 Å². The van der Waals surface area contributed by atoms with Crippen molar-refractivity contribution in [2.75, 3.05) is 7.11 Å². The molecule has 1 aromatic heterocycles. The predicted molar refractivity (Wildman–Crippen MR) is 50.3 cm³/mol. The zero-order valence-electron chi connectivity index (χ0n) is 8.31. The lowest BCUT2D eigenvalue weighted by Crippen LogP contribution is -2.08. The van der Waals surface area contributed by atoms with E-state index in [0.717, 1.165) is 13.2 Å².